The average Bonchev–Trinajstić information content (AvgIpc) is 3.55. The van der Waals surface area contributed by atoms with Gasteiger partial charge in [-0.15, -0.1) is 5.10 Å². The lowest BCUT2D eigenvalue weighted by molar-refractivity contribution is 0.171. The second kappa shape index (κ2) is 10.0. The van der Waals surface area contributed by atoms with E-state index in [0.29, 0.717) is 24.5 Å². The molecular weight excluding hydrogens is 488 g/mol. The number of ether oxygens (including phenoxy) is 1. The number of anilines is 1. The van der Waals surface area contributed by atoms with E-state index in [1.807, 2.05) is 37.3 Å². The van der Waals surface area contributed by atoms with E-state index in [1.165, 1.54) is 4.70 Å². The molecule has 37 heavy (non-hydrogen) atoms. The first-order valence-electron chi connectivity index (χ1n) is 12.3. The molecule has 1 unspecified atom stereocenters. The number of piperazine rings is 1. The van der Waals surface area contributed by atoms with Gasteiger partial charge in [-0.3, -0.25) is 9.69 Å². The van der Waals surface area contributed by atoms with Crippen molar-refractivity contribution in [2.75, 3.05) is 44.8 Å². The maximum Gasteiger partial charge on any atom is 0.253 e. The molecule has 1 saturated heterocycles. The summed E-state index contributed by atoms with van der Waals surface area (Å²) in [6.45, 7) is 6.06. The van der Waals surface area contributed by atoms with Gasteiger partial charge in [0.15, 0.2) is 11.0 Å². The van der Waals surface area contributed by atoms with Gasteiger partial charge in [-0.05, 0) is 52.6 Å². The van der Waals surface area contributed by atoms with Gasteiger partial charge in [0.25, 0.3) is 5.56 Å². The summed E-state index contributed by atoms with van der Waals surface area (Å²) in [7, 11) is 1.65. The number of pyridine rings is 1. The largest absolute Gasteiger partial charge is 0.383 e. The van der Waals surface area contributed by atoms with Crippen LogP contribution in [0.3, 0.4) is 0 Å². The van der Waals surface area contributed by atoms with Crippen molar-refractivity contribution < 1.29 is 4.74 Å². The Morgan fingerprint density at radius 2 is 1.95 bits per heavy atom. The molecule has 1 aliphatic rings. The van der Waals surface area contributed by atoms with Crippen LogP contribution < -0.4 is 10.5 Å². The Morgan fingerprint density at radius 1 is 1.11 bits per heavy atom. The molecule has 0 saturated carbocycles. The fraction of sp³-hybridized carbons (Fsp3) is 0.346. The number of hydrogen-bond donors (Lipinski definition) is 1. The van der Waals surface area contributed by atoms with Gasteiger partial charge in [-0.25, -0.2) is 9.67 Å². The zero-order valence-electron chi connectivity index (χ0n) is 20.8. The van der Waals surface area contributed by atoms with E-state index >= 15 is 0 Å². The maximum absolute atomic E-state index is 13.4. The molecule has 5 aromatic rings. The van der Waals surface area contributed by atoms with Crippen LogP contribution >= 0.6 is 11.3 Å². The highest BCUT2D eigenvalue weighted by molar-refractivity contribution is 7.22. The van der Waals surface area contributed by atoms with Crippen molar-refractivity contribution in [3.63, 3.8) is 0 Å². The summed E-state index contributed by atoms with van der Waals surface area (Å²) in [5.74, 6) is 0.641. The SMILES string of the molecule is COCCn1nnnc1C(c1cc2ccc(C)cc2[nH]c1=O)N1CCN(c2nc3ccccc3s2)CC1. The second-order valence-electron chi connectivity index (χ2n) is 9.29. The average molecular weight is 517 g/mol. The number of benzene rings is 2. The Labute approximate surface area is 217 Å². The number of para-hydroxylation sites is 1. The number of fused-ring (bicyclic) bond motifs is 2. The molecule has 11 heteroatoms. The van der Waals surface area contributed by atoms with E-state index in [9.17, 15) is 4.79 Å². The molecule has 0 amide bonds. The van der Waals surface area contributed by atoms with Gasteiger partial charge in [-0.1, -0.05) is 35.6 Å². The fourth-order valence-electron chi connectivity index (χ4n) is 4.95. The smallest absolute Gasteiger partial charge is 0.253 e. The minimum absolute atomic E-state index is 0.127. The van der Waals surface area contributed by atoms with Gasteiger partial charge < -0.3 is 14.6 Å². The van der Waals surface area contributed by atoms with Gasteiger partial charge in [-0.2, -0.15) is 0 Å². The third-order valence-electron chi connectivity index (χ3n) is 6.87. The van der Waals surface area contributed by atoms with Crippen LogP contribution in [0.2, 0.25) is 0 Å². The van der Waals surface area contributed by atoms with Gasteiger partial charge in [0.1, 0.15) is 6.04 Å². The molecule has 1 N–H and O–H groups in total. The van der Waals surface area contributed by atoms with Crippen LogP contribution in [0.4, 0.5) is 5.13 Å². The molecule has 0 aliphatic carbocycles. The second-order valence-corrected chi connectivity index (χ2v) is 10.3. The first-order valence-corrected chi connectivity index (χ1v) is 13.2. The van der Waals surface area contributed by atoms with Crippen molar-refractivity contribution in [1.29, 1.82) is 0 Å². The summed E-state index contributed by atoms with van der Waals surface area (Å²) < 4.78 is 8.20. The molecule has 0 spiro atoms. The van der Waals surface area contributed by atoms with Crippen LogP contribution in [-0.4, -0.2) is 75.0 Å². The number of aromatic nitrogens is 6. The lowest BCUT2D eigenvalue weighted by atomic mass is 10.0. The number of methoxy groups -OCH3 is 1. The number of rotatable bonds is 7. The highest BCUT2D eigenvalue weighted by Crippen LogP contribution is 2.32. The summed E-state index contributed by atoms with van der Waals surface area (Å²) in [4.78, 5) is 26.0. The highest BCUT2D eigenvalue weighted by Gasteiger charge is 2.33. The van der Waals surface area contributed by atoms with Crippen molar-refractivity contribution in [2.45, 2.75) is 19.5 Å². The molecule has 0 bridgehead atoms. The summed E-state index contributed by atoms with van der Waals surface area (Å²) in [5, 5.41) is 14.6. The molecule has 1 fully saturated rings. The van der Waals surface area contributed by atoms with E-state index in [0.717, 1.165) is 53.3 Å². The Balaban J connectivity index is 1.35. The Bertz CT molecular complexity index is 1570. The number of hydrogen-bond acceptors (Lipinski definition) is 9. The molecule has 4 heterocycles. The van der Waals surface area contributed by atoms with E-state index in [1.54, 1.807) is 23.1 Å². The first kappa shape index (κ1) is 23.7. The van der Waals surface area contributed by atoms with Crippen LogP contribution in [0.5, 0.6) is 0 Å². The van der Waals surface area contributed by atoms with Crippen LogP contribution in [0.1, 0.15) is 23.0 Å². The van der Waals surface area contributed by atoms with Crippen molar-refractivity contribution in [3.8, 4) is 0 Å². The zero-order chi connectivity index (χ0) is 25.4. The minimum Gasteiger partial charge on any atom is -0.383 e. The lowest BCUT2D eigenvalue weighted by Gasteiger charge is -2.38. The van der Waals surface area contributed by atoms with Crippen LogP contribution in [-0.2, 0) is 11.3 Å². The molecular formula is C26H28N8O2S. The topological polar surface area (TPSA) is 105 Å². The first-order chi connectivity index (χ1) is 18.1. The third-order valence-corrected chi connectivity index (χ3v) is 7.97. The number of aromatic amines is 1. The number of H-pyrrole nitrogens is 1. The number of nitrogens with one attached hydrogen (secondary N) is 1. The van der Waals surface area contributed by atoms with Crippen molar-refractivity contribution in [1.82, 2.24) is 35.1 Å². The third kappa shape index (κ3) is 4.61. The summed E-state index contributed by atoms with van der Waals surface area (Å²) in [5.41, 5.74) is 3.46. The predicted molar refractivity (Wildman–Crippen MR) is 144 cm³/mol. The fourth-order valence-corrected chi connectivity index (χ4v) is 5.96. The van der Waals surface area contributed by atoms with Crippen LogP contribution in [0, 0.1) is 6.92 Å². The quantitative estimate of drug-likeness (QED) is 0.352. The van der Waals surface area contributed by atoms with Gasteiger partial charge >= 0.3 is 0 Å². The van der Waals surface area contributed by atoms with Crippen LogP contribution in [0.15, 0.2) is 53.3 Å². The summed E-state index contributed by atoms with van der Waals surface area (Å²) >= 11 is 1.72. The number of aryl methyl sites for hydroxylation is 1. The van der Waals surface area contributed by atoms with Crippen LogP contribution in [0.25, 0.3) is 21.1 Å². The summed E-state index contributed by atoms with van der Waals surface area (Å²) in [6.07, 6.45) is 0. The number of thiazole rings is 1. The van der Waals surface area contributed by atoms with Gasteiger partial charge in [0, 0.05) is 44.4 Å². The highest BCUT2D eigenvalue weighted by atomic mass is 32.1. The van der Waals surface area contributed by atoms with Gasteiger partial charge in [0.2, 0.25) is 0 Å². The normalized spacial score (nSPS) is 15.6. The Kier molecular flexibility index (Phi) is 6.41. The van der Waals surface area contributed by atoms with E-state index in [-0.39, 0.29) is 11.6 Å². The number of nitrogens with zero attached hydrogens (tertiary/aromatic N) is 7. The monoisotopic (exact) mass is 516 g/mol. The molecule has 1 atom stereocenters. The predicted octanol–water partition coefficient (Wildman–Crippen LogP) is 2.99. The lowest BCUT2D eigenvalue weighted by Crippen LogP contribution is -2.49. The maximum atomic E-state index is 13.4. The summed E-state index contributed by atoms with van der Waals surface area (Å²) in [6, 6.07) is 15.9. The molecule has 0 radical (unpaired) electrons. The van der Waals surface area contributed by atoms with Crippen molar-refractivity contribution >= 4 is 37.6 Å². The molecule has 10 nitrogen and oxygen atoms in total. The Hall–Kier alpha value is -3.67. The van der Waals surface area contributed by atoms with Crippen molar-refractivity contribution in [3.05, 3.63) is 75.8 Å². The number of tetrazole rings is 1. The molecule has 190 valence electrons. The van der Waals surface area contributed by atoms with Gasteiger partial charge in [0.05, 0.1) is 23.4 Å². The van der Waals surface area contributed by atoms with Crippen molar-refractivity contribution in [2.24, 2.45) is 0 Å². The Morgan fingerprint density at radius 3 is 2.76 bits per heavy atom. The molecule has 1 aliphatic heterocycles. The standard InChI is InChI=1S/C26H28N8O2S/c1-17-7-8-18-16-19(25(35)27-21(18)15-17)23(24-29-30-31-34(24)13-14-36-2)32-9-11-33(12-10-32)26-28-20-5-3-4-6-22(20)37-26/h3-8,15-16,23H,9-14H2,1-2H3,(H,27,35). The zero-order valence-corrected chi connectivity index (χ0v) is 21.6. The minimum atomic E-state index is -0.390. The molecule has 6 rings (SSSR count). The van der Waals surface area contributed by atoms with E-state index in [2.05, 4.69) is 48.5 Å². The molecule has 3 aromatic heterocycles. The van der Waals surface area contributed by atoms with E-state index < -0.39 is 0 Å². The van der Waals surface area contributed by atoms with E-state index in [4.69, 9.17) is 9.72 Å². The molecule has 2 aromatic carbocycles.